The minimum atomic E-state index is -0.167. The summed E-state index contributed by atoms with van der Waals surface area (Å²) in [5.74, 6) is 0.707. The van der Waals surface area contributed by atoms with Gasteiger partial charge in [0, 0.05) is 10.8 Å². The summed E-state index contributed by atoms with van der Waals surface area (Å²) in [6, 6.07) is 8.88. The quantitative estimate of drug-likeness (QED) is 0.328. The molecule has 0 bridgehead atoms. The number of carbonyl (C=O) groups excluding carboxylic acids is 2. The number of ketones is 2. The maximum absolute atomic E-state index is 11.7. The smallest absolute Gasteiger partial charge is 0.135 e. The van der Waals surface area contributed by atoms with E-state index >= 15 is 0 Å². The molecule has 0 N–H and O–H groups in total. The molecule has 0 atom stereocenters. The van der Waals surface area contributed by atoms with Gasteiger partial charge in [-0.2, -0.15) is 0 Å². The molecule has 1 aromatic rings. The summed E-state index contributed by atoms with van der Waals surface area (Å²) in [4.78, 5) is 23.3. The van der Waals surface area contributed by atoms with Crippen molar-refractivity contribution in [2.24, 2.45) is 10.8 Å². The van der Waals surface area contributed by atoms with Crippen LogP contribution in [0.25, 0.3) is 0 Å². The monoisotopic (exact) mass is 384 g/mol. The minimum absolute atomic E-state index is 0.0782. The summed E-state index contributed by atoms with van der Waals surface area (Å²) in [6.45, 7) is 7.60. The van der Waals surface area contributed by atoms with E-state index in [1.807, 2.05) is 0 Å². The van der Waals surface area contributed by atoms with Gasteiger partial charge in [-0.05, 0) is 76.3 Å². The Morgan fingerprint density at radius 3 is 1.86 bits per heavy atom. The molecule has 0 spiro atoms. The molecule has 1 aliphatic carbocycles. The second kappa shape index (κ2) is 10.4. The van der Waals surface area contributed by atoms with E-state index in [4.69, 9.17) is 0 Å². The van der Waals surface area contributed by atoms with Gasteiger partial charge in [0.25, 0.3) is 0 Å². The fraction of sp³-hybridized carbons (Fsp3) is 0.692. The van der Waals surface area contributed by atoms with Gasteiger partial charge in [0.2, 0.25) is 0 Å². The lowest BCUT2D eigenvalue weighted by atomic mass is 9.83. The molecule has 1 aliphatic rings. The zero-order valence-electron chi connectivity index (χ0n) is 18.6. The standard InChI is InChI=1S/C26H40O2/c1-21(27)25(3,4)17-11-5-7-13-23-15-9-10-16-24(23)14-8-6-12-18-26(19-20-26)22(2)28/h9-10,15-16H,5-8,11-14,17-20H2,1-4H3. The Balaban J connectivity index is 1.66. The fourth-order valence-corrected chi connectivity index (χ4v) is 4.17. The normalized spacial score (nSPS) is 15.4. The fourth-order valence-electron chi connectivity index (χ4n) is 4.17. The first-order valence-electron chi connectivity index (χ1n) is 11.4. The molecular formula is C26H40O2. The van der Waals surface area contributed by atoms with E-state index in [1.165, 1.54) is 43.2 Å². The Bertz CT molecular complexity index is 607. The number of unbranched alkanes of at least 4 members (excludes halogenated alkanes) is 4. The molecule has 0 unspecified atom stereocenters. The van der Waals surface area contributed by atoms with Crippen molar-refractivity contribution >= 4 is 11.6 Å². The molecule has 0 heterocycles. The number of carbonyl (C=O) groups is 2. The molecule has 0 aromatic heterocycles. The van der Waals surface area contributed by atoms with Crippen molar-refractivity contribution in [3.05, 3.63) is 35.4 Å². The Labute approximate surface area is 172 Å². The van der Waals surface area contributed by atoms with Gasteiger partial charge in [-0.3, -0.25) is 9.59 Å². The molecule has 1 aromatic carbocycles. The first-order valence-corrected chi connectivity index (χ1v) is 11.4. The second-order valence-electron chi connectivity index (χ2n) is 9.67. The first-order chi connectivity index (χ1) is 13.3. The van der Waals surface area contributed by atoms with Crippen LogP contribution in [0.1, 0.15) is 103 Å². The summed E-state index contributed by atoms with van der Waals surface area (Å²) in [5.41, 5.74) is 2.91. The first kappa shape index (κ1) is 22.8. The lowest BCUT2D eigenvalue weighted by molar-refractivity contribution is -0.125. The van der Waals surface area contributed by atoms with Crippen molar-refractivity contribution in [2.45, 2.75) is 105 Å². The van der Waals surface area contributed by atoms with E-state index in [2.05, 4.69) is 38.1 Å². The van der Waals surface area contributed by atoms with Crippen molar-refractivity contribution in [3.63, 3.8) is 0 Å². The van der Waals surface area contributed by atoms with E-state index < -0.39 is 0 Å². The molecule has 156 valence electrons. The van der Waals surface area contributed by atoms with Crippen LogP contribution in [-0.4, -0.2) is 11.6 Å². The molecule has 2 nitrogen and oxygen atoms in total. The van der Waals surface area contributed by atoms with Gasteiger partial charge in [0.05, 0.1) is 0 Å². The molecule has 2 heteroatoms. The molecule has 0 radical (unpaired) electrons. The predicted molar refractivity (Wildman–Crippen MR) is 118 cm³/mol. The molecule has 28 heavy (non-hydrogen) atoms. The van der Waals surface area contributed by atoms with E-state index in [9.17, 15) is 9.59 Å². The SMILES string of the molecule is CC(=O)C(C)(C)CCCCCc1ccccc1CCCCCC1(C(C)=O)CC1. The summed E-state index contributed by atoms with van der Waals surface area (Å²) < 4.78 is 0. The van der Waals surface area contributed by atoms with Crippen molar-refractivity contribution in [3.8, 4) is 0 Å². The van der Waals surface area contributed by atoms with Crippen LogP contribution >= 0.6 is 0 Å². The lowest BCUT2D eigenvalue weighted by Crippen LogP contribution is -2.20. The van der Waals surface area contributed by atoms with E-state index in [0.717, 1.165) is 44.9 Å². The number of hydrogen-bond acceptors (Lipinski definition) is 2. The molecule has 0 amide bonds. The van der Waals surface area contributed by atoms with Gasteiger partial charge >= 0.3 is 0 Å². The van der Waals surface area contributed by atoms with Gasteiger partial charge < -0.3 is 0 Å². The molecule has 0 saturated heterocycles. The molecule has 1 fully saturated rings. The Morgan fingerprint density at radius 2 is 1.39 bits per heavy atom. The second-order valence-corrected chi connectivity index (χ2v) is 9.67. The zero-order chi connectivity index (χ0) is 20.6. The minimum Gasteiger partial charge on any atom is -0.299 e. The maximum atomic E-state index is 11.7. The molecular weight excluding hydrogens is 344 g/mol. The highest BCUT2D eigenvalue weighted by atomic mass is 16.1. The third-order valence-corrected chi connectivity index (χ3v) is 7.02. The summed E-state index contributed by atoms with van der Waals surface area (Å²) >= 11 is 0. The van der Waals surface area contributed by atoms with Crippen molar-refractivity contribution < 1.29 is 9.59 Å². The van der Waals surface area contributed by atoms with E-state index in [-0.39, 0.29) is 10.8 Å². The average molecular weight is 385 g/mol. The third kappa shape index (κ3) is 6.87. The summed E-state index contributed by atoms with van der Waals surface area (Å²) in [6.07, 6.45) is 13.8. The average Bonchev–Trinajstić information content (AvgIpc) is 3.43. The lowest BCUT2D eigenvalue weighted by Gasteiger charge is -2.20. The predicted octanol–water partition coefficient (Wildman–Crippen LogP) is 6.88. The van der Waals surface area contributed by atoms with Gasteiger partial charge in [-0.25, -0.2) is 0 Å². The number of hydrogen-bond donors (Lipinski definition) is 0. The summed E-state index contributed by atoms with van der Waals surface area (Å²) in [5, 5.41) is 0. The molecule has 2 rings (SSSR count). The largest absolute Gasteiger partial charge is 0.299 e. The van der Waals surface area contributed by atoms with Crippen LogP contribution in [-0.2, 0) is 22.4 Å². The van der Waals surface area contributed by atoms with Gasteiger partial charge in [-0.1, -0.05) is 63.8 Å². The van der Waals surface area contributed by atoms with Crippen molar-refractivity contribution in [1.82, 2.24) is 0 Å². The van der Waals surface area contributed by atoms with E-state index in [1.54, 1.807) is 13.8 Å². The van der Waals surface area contributed by atoms with Crippen LogP contribution in [0, 0.1) is 10.8 Å². The van der Waals surface area contributed by atoms with Gasteiger partial charge in [0.1, 0.15) is 11.6 Å². The van der Waals surface area contributed by atoms with Gasteiger partial charge in [0.15, 0.2) is 0 Å². The van der Waals surface area contributed by atoms with Crippen LogP contribution in [0.3, 0.4) is 0 Å². The zero-order valence-corrected chi connectivity index (χ0v) is 18.6. The molecule has 1 saturated carbocycles. The number of aryl methyl sites for hydroxylation is 2. The number of rotatable bonds is 14. The van der Waals surface area contributed by atoms with Crippen LogP contribution in [0.4, 0.5) is 0 Å². The Hall–Kier alpha value is -1.44. The van der Waals surface area contributed by atoms with Crippen LogP contribution < -0.4 is 0 Å². The number of benzene rings is 1. The Kier molecular flexibility index (Phi) is 8.46. The summed E-state index contributed by atoms with van der Waals surface area (Å²) in [7, 11) is 0. The third-order valence-electron chi connectivity index (χ3n) is 7.02. The van der Waals surface area contributed by atoms with Crippen LogP contribution in [0.15, 0.2) is 24.3 Å². The molecule has 0 aliphatic heterocycles. The highest BCUT2D eigenvalue weighted by molar-refractivity contribution is 5.84. The highest BCUT2D eigenvalue weighted by Crippen LogP contribution is 2.50. The van der Waals surface area contributed by atoms with Crippen molar-refractivity contribution in [1.29, 1.82) is 0 Å². The van der Waals surface area contributed by atoms with Gasteiger partial charge in [-0.15, -0.1) is 0 Å². The van der Waals surface area contributed by atoms with Crippen molar-refractivity contribution in [2.75, 3.05) is 0 Å². The topological polar surface area (TPSA) is 34.1 Å². The highest BCUT2D eigenvalue weighted by Gasteiger charge is 2.46. The van der Waals surface area contributed by atoms with Crippen LogP contribution in [0.5, 0.6) is 0 Å². The van der Waals surface area contributed by atoms with Crippen LogP contribution in [0.2, 0.25) is 0 Å². The number of Topliss-reactive ketones (excluding diaryl/α,β-unsaturated/α-hetero) is 2. The maximum Gasteiger partial charge on any atom is 0.135 e. The Morgan fingerprint density at radius 1 is 0.857 bits per heavy atom. The van der Waals surface area contributed by atoms with E-state index in [0.29, 0.717) is 11.6 Å².